The Bertz CT molecular complexity index is 93.1. The lowest BCUT2D eigenvalue weighted by Crippen LogP contribution is -2.12. The van der Waals surface area contributed by atoms with E-state index in [1.807, 2.05) is 11.8 Å². The molecular formula is C6H13NS2. The molecule has 9 heavy (non-hydrogen) atoms. The molecule has 2 N–H and O–H groups in total. The van der Waals surface area contributed by atoms with Gasteiger partial charge in [-0.1, -0.05) is 26.1 Å². The zero-order valence-corrected chi connectivity index (χ0v) is 7.52. The van der Waals surface area contributed by atoms with Crippen LogP contribution in [0.4, 0.5) is 0 Å². The molecule has 1 atom stereocenters. The summed E-state index contributed by atoms with van der Waals surface area (Å²) in [6.45, 7) is 4.35. The van der Waals surface area contributed by atoms with E-state index in [1.165, 1.54) is 6.42 Å². The van der Waals surface area contributed by atoms with Gasteiger partial charge in [-0.2, -0.15) is 11.8 Å². The molecule has 0 saturated heterocycles. The molecule has 3 heteroatoms. The highest BCUT2D eigenvalue weighted by Gasteiger charge is 1.98. The lowest BCUT2D eigenvalue weighted by Gasteiger charge is -2.05. The lowest BCUT2D eigenvalue weighted by atomic mass is 10.4. The third kappa shape index (κ3) is 6.12. The van der Waals surface area contributed by atoms with Crippen molar-refractivity contribution in [3.8, 4) is 0 Å². The first kappa shape index (κ1) is 9.24. The second kappa shape index (κ2) is 5.06. The van der Waals surface area contributed by atoms with Gasteiger partial charge in [0.1, 0.15) is 0 Å². The average molecular weight is 163 g/mol. The molecule has 0 aliphatic carbocycles. The van der Waals surface area contributed by atoms with Gasteiger partial charge in [0.2, 0.25) is 0 Å². The highest BCUT2D eigenvalue weighted by molar-refractivity contribution is 8.01. The molecule has 1 unspecified atom stereocenters. The average Bonchev–Trinajstić information content (AvgIpc) is 1.83. The van der Waals surface area contributed by atoms with Crippen LogP contribution in [0, 0.1) is 0 Å². The van der Waals surface area contributed by atoms with Crippen LogP contribution in [0.3, 0.4) is 0 Å². The molecule has 0 aromatic heterocycles. The predicted octanol–water partition coefficient (Wildman–Crippen LogP) is 1.80. The van der Waals surface area contributed by atoms with Crippen LogP contribution in [-0.2, 0) is 0 Å². The minimum Gasteiger partial charge on any atom is -0.393 e. The SMILES string of the molecule is CCC(C)SCC(N)=S. The number of thioether (sulfide) groups is 1. The van der Waals surface area contributed by atoms with Gasteiger partial charge in [0.05, 0.1) is 4.99 Å². The molecule has 0 aliphatic heterocycles. The van der Waals surface area contributed by atoms with Crippen LogP contribution in [0.25, 0.3) is 0 Å². The zero-order valence-electron chi connectivity index (χ0n) is 5.89. The van der Waals surface area contributed by atoms with E-state index in [2.05, 4.69) is 13.8 Å². The fraction of sp³-hybridized carbons (Fsp3) is 0.833. The van der Waals surface area contributed by atoms with Gasteiger partial charge in [-0.25, -0.2) is 0 Å². The van der Waals surface area contributed by atoms with Crippen molar-refractivity contribution in [1.82, 2.24) is 0 Å². The predicted molar refractivity (Wildman–Crippen MR) is 49.0 cm³/mol. The standard InChI is InChI=1S/C6H13NS2/c1-3-5(2)9-4-6(7)8/h5H,3-4H2,1-2H3,(H2,7,8). The first-order valence-corrected chi connectivity index (χ1v) is 4.52. The van der Waals surface area contributed by atoms with Gasteiger partial charge in [0.15, 0.2) is 0 Å². The van der Waals surface area contributed by atoms with E-state index < -0.39 is 0 Å². The first-order valence-electron chi connectivity index (χ1n) is 3.06. The van der Waals surface area contributed by atoms with Crippen molar-refractivity contribution in [2.45, 2.75) is 25.5 Å². The van der Waals surface area contributed by atoms with Gasteiger partial charge in [0.25, 0.3) is 0 Å². The van der Waals surface area contributed by atoms with Crippen LogP contribution in [-0.4, -0.2) is 16.0 Å². The summed E-state index contributed by atoms with van der Waals surface area (Å²) >= 11 is 6.54. The summed E-state index contributed by atoms with van der Waals surface area (Å²) in [5.74, 6) is 0.824. The van der Waals surface area contributed by atoms with Crippen molar-refractivity contribution in [3.63, 3.8) is 0 Å². The molecule has 0 bridgehead atoms. The second-order valence-electron chi connectivity index (χ2n) is 2.00. The smallest absolute Gasteiger partial charge is 0.0827 e. The zero-order chi connectivity index (χ0) is 7.28. The van der Waals surface area contributed by atoms with E-state index in [0.29, 0.717) is 10.2 Å². The molecule has 0 rings (SSSR count). The van der Waals surface area contributed by atoms with E-state index >= 15 is 0 Å². The van der Waals surface area contributed by atoms with Crippen molar-refractivity contribution in [1.29, 1.82) is 0 Å². The summed E-state index contributed by atoms with van der Waals surface area (Å²) < 4.78 is 0. The van der Waals surface area contributed by atoms with Gasteiger partial charge in [-0.3, -0.25) is 0 Å². The molecule has 1 nitrogen and oxygen atoms in total. The minimum atomic E-state index is 0.611. The van der Waals surface area contributed by atoms with Crippen LogP contribution >= 0.6 is 24.0 Å². The number of nitrogens with two attached hydrogens (primary N) is 1. The van der Waals surface area contributed by atoms with Crippen LogP contribution in [0.15, 0.2) is 0 Å². The summed E-state index contributed by atoms with van der Waals surface area (Å²) in [6.07, 6.45) is 1.19. The molecule has 0 saturated carbocycles. The molecule has 0 aliphatic rings. The van der Waals surface area contributed by atoms with Gasteiger partial charge >= 0.3 is 0 Å². The molecule has 0 radical (unpaired) electrons. The number of thiocarbonyl (C=S) groups is 1. The molecule has 0 aromatic rings. The molecule has 0 spiro atoms. The summed E-state index contributed by atoms with van der Waals surface area (Å²) in [5.41, 5.74) is 5.31. The highest BCUT2D eigenvalue weighted by atomic mass is 32.2. The quantitative estimate of drug-likeness (QED) is 0.640. The maximum absolute atomic E-state index is 5.31. The van der Waals surface area contributed by atoms with Crippen molar-refractivity contribution in [2.24, 2.45) is 5.73 Å². The fourth-order valence-electron chi connectivity index (χ4n) is 0.342. The van der Waals surface area contributed by atoms with Crippen LogP contribution in [0.1, 0.15) is 20.3 Å². The third-order valence-electron chi connectivity index (χ3n) is 1.09. The largest absolute Gasteiger partial charge is 0.393 e. The molecule has 0 amide bonds. The summed E-state index contributed by atoms with van der Waals surface area (Å²) in [4.78, 5) is 0.611. The minimum absolute atomic E-state index is 0.611. The lowest BCUT2D eigenvalue weighted by molar-refractivity contribution is 0.908. The van der Waals surface area contributed by atoms with Crippen LogP contribution in [0.5, 0.6) is 0 Å². The van der Waals surface area contributed by atoms with Crippen molar-refractivity contribution in [3.05, 3.63) is 0 Å². The normalized spacial score (nSPS) is 13.1. The van der Waals surface area contributed by atoms with E-state index in [1.54, 1.807) is 0 Å². The summed E-state index contributed by atoms with van der Waals surface area (Å²) in [6, 6.07) is 0. The Morgan fingerprint density at radius 2 is 2.33 bits per heavy atom. The summed E-state index contributed by atoms with van der Waals surface area (Å²) in [5, 5.41) is 0.687. The Morgan fingerprint density at radius 1 is 1.78 bits per heavy atom. The number of hydrogen-bond acceptors (Lipinski definition) is 2. The maximum Gasteiger partial charge on any atom is 0.0827 e. The van der Waals surface area contributed by atoms with Crippen molar-refractivity contribution < 1.29 is 0 Å². The number of hydrogen-bond donors (Lipinski definition) is 1. The van der Waals surface area contributed by atoms with Crippen molar-refractivity contribution >= 4 is 29.0 Å². The topological polar surface area (TPSA) is 26.0 Å². The molecule has 0 heterocycles. The van der Waals surface area contributed by atoms with Gasteiger partial charge in [-0.15, -0.1) is 0 Å². The van der Waals surface area contributed by atoms with Crippen LogP contribution in [0.2, 0.25) is 0 Å². The van der Waals surface area contributed by atoms with Gasteiger partial charge < -0.3 is 5.73 Å². The molecule has 0 aromatic carbocycles. The van der Waals surface area contributed by atoms with Gasteiger partial charge in [0, 0.05) is 11.0 Å². The van der Waals surface area contributed by atoms with E-state index in [9.17, 15) is 0 Å². The van der Waals surface area contributed by atoms with Crippen molar-refractivity contribution in [2.75, 3.05) is 5.75 Å². The Hall–Kier alpha value is 0.240. The summed E-state index contributed by atoms with van der Waals surface area (Å²) in [7, 11) is 0. The maximum atomic E-state index is 5.31. The Morgan fingerprint density at radius 3 is 2.67 bits per heavy atom. The Kier molecular flexibility index (Phi) is 5.19. The van der Waals surface area contributed by atoms with E-state index in [0.717, 1.165) is 5.75 Å². The Labute approximate surface area is 66.4 Å². The second-order valence-corrected chi connectivity index (χ2v) is 3.95. The third-order valence-corrected chi connectivity index (χ3v) is 2.79. The monoisotopic (exact) mass is 163 g/mol. The fourth-order valence-corrected chi connectivity index (χ4v) is 1.23. The molecule has 54 valence electrons. The van der Waals surface area contributed by atoms with E-state index in [4.69, 9.17) is 18.0 Å². The van der Waals surface area contributed by atoms with E-state index in [-0.39, 0.29) is 0 Å². The van der Waals surface area contributed by atoms with Crippen LogP contribution < -0.4 is 5.73 Å². The molecule has 0 fully saturated rings. The first-order chi connectivity index (χ1) is 4.16. The van der Waals surface area contributed by atoms with Gasteiger partial charge in [-0.05, 0) is 6.42 Å². The Balaban J connectivity index is 3.16. The highest BCUT2D eigenvalue weighted by Crippen LogP contribution is 2.12. The molecular weight excluding hydrogens is 150 g/mol. The number of rotatable bonds is 4.